The molecule has 0 saturated carbocycles. The van der Waals surface area contributed by atoms with Gasteiger partial charge in [-0.3, -0.25) is 4.55 Å². The van der Waals surface area contributed by atoms with Crippen LogP contribution in [0.3, 0.4) is 0 Å². The summed E-state index contributed by atoms with van der Waals surface area (Å²) in [5.41, 5.74) is -1.77. The molecule has 0 aliphatic rings. The predicted octanol–water partition coefficient (Wildman–Crippen LogP) is 0.555. The van der Waals surface area contributed by atoms with Gasteiger partial charge in [0, 0.05) is 14.7 Å². The van der Waals surface area contributed by atoms with Crippen LogP contribution in [0.1, 0.15) is 12.4 Å². The zero-order chi connectivity index (χ0) is 15.5. The van der Waals surface area contributed by atoms with E-state index in [1.54, 1.807) is 23.9 Å². The normalized spacial score (nSPS) is 12.5. The fourth-order valence-electron chi connectivity index (χ4n) is 1.67. The van der Waals surface area contributed by atoms with Crippen molar-refractivity contribution in [3.63, 3.8) is 0 Å². The average Bonchev–Trinajstić information content (AvgIpc) is 2.46. The maximum atomic E-state index is 10.9. The molecular formula is C14H15NaO4S3. The van der Waals surface area contributed by atoms with Crippen molar-refractivity contribution in [2.45, 2.75) is 20.1 Å². The minimum Gasteiger partial charge on any atom is -1.00 e. The van der Waals surface area contributed by atoms with Crippen molar-refractivity contribution in [2.24, 2.45) is 0 Å². The van der Waals surface area contributed by atoms with Crippen LogP contribution in [0.15, 0.2) is 63.2 Å². The average molecular weight is 366 g/mol. The summed E-state index contributed by atoms with van der Waals surface area (Å²) >= 11 is 3.20. The summed E-state index contributed by atoms with van der Waals surface area (Å²) in [4.78, 5) is 3.16. The molecule has 2 rings (SSSR count). The third-order valence-electron chi connectivity index (χ3n) is 2.72. The van der Waals surface area contributed by atoms with Gasteiger partial charge >= 0.3 is 29.6 Å². The molecule has 0 heterocycles. The molecule has 0 amide bonds. The Hall–Kier alpha value is 0.01000. The maximum Gasteiger partial charge on any atom is 1.00 e. The van der Waals surface area contributed by atoms with E-state index in [4.69, 9.17) is 4.55 Å². The summed E-state index contributed by atoms with van der Waals surface area (Å²) in [6, 6.07) is 14.4. The zero-order valence-corrected chi connectivity index (χ0v) is 16.6. The van der Waals surface area contributed by atoms with Crippen molar-refractivity contribution in [2.75, 3.05) is 6.26 Å². The standard InChI is InChI=1S/C14H14O4S3.Na.H/c1-19-12-3-2-4-13(9-12)20-11-7-5-10(6-8-11)14(15)21(16,17)18;;/h2-9,14-15H,1H3,(H,16,17,18);;/q;+1;-1. The van der Waals surface area contributed by atoms with Gasteiger partial charge in [0.05, 0.1) is 0 Å². The molecule has 2 aromatic carbocycles. The SMILES string of the molecule is CSc1cccc(Sc2ccc(C(O)S(=O)(=O)O)cc2)c1.[H-].[Na+]. The largest absolute Gasteiger partial charge is 1.00 e. The van der Waals surface area contributed by atoms with Gasteiger partial charge in [-0.05, 0) is 42.2 Å². The van der Waals surface area contributed by atoms with E-state index in [2.05, 4.69) is 6.07 Å². The summed E-state index contributed by atoms with van der Waals surface area (Å²) in [6.45, 7) is 0. The van der Waals surface area contributed by atoms with Crippen molar-refractivity contribution in [1.29, 1.82) is 0 Å². The second kappa shape index (κ2) is 8.75. The molecule has 0 spiro atoms. The van der Waals surface area contributed by atoms with E-state index in [-0.39, 0.29) is 36.5 Å². The van der Waals surface area contributed by atoms with Gasteiger partial charge in [0.2, 0.25) is 5.44 Å². The second-order valence-electron chi connectivity index (χ2n) is 4.22. The van der Waals surface area contributed by atoms with E-state index in [1.165, 1.54) is 28.8 Å². The number of hydrogen-bond acceptors (Lipinski definition) is 5. The van der Waals surface area contributed by atoms with E-state index in [9.17, 15) is 13.5 Å². The Morgan fingerprint density at radius 3 is 2.18 bits per heavy atom. The smallest absolute Gasteiger partial charge is 1.00 e. The number of rotatable bonds is 5. The summed E-state index contributed by atoms with van der Waals surface area (Å²) in [5.74, 6) is 0. The Labute approximate surface area is 162 Å². The first-order valence-electron chi connectivity index (χ1n) is 5.96. The van der Waals surface area contributed by atoms with Gasteiger partial charge in [-0.1, -0.05) is 30.0 Å². The van der Waals surface area contributed by atoms with Crippen LogP contribution in [0.4, 0.5) is 0 Å². The van der Waals surface area contributed by atoms with Crippen LogP contribution >= 0.6 is 23.5 Å². The summed E-state index contributed by atoms with van der Waals surface area (Å²) in [6.07, 6.45) is 2.01. The van der Waals surface area contributed by atoms with Crippen LogP contribution in [0.25, 0.3) is 0 Å². The number of hydrogen-bond donors (Lipinski definition) is 2. The Bertz CT molecular complexity index is 723. The third kappa shape index (κ3) is 5.58. The van der Waals surface area contributed by atoms with Crippen molar-refractivity contribution in [1.82, 2.24) is 0 Å². The number of aliphatic hydroxyl groups is 1. The molecule has 0 aliphatic carbocycles. The minimum absolute atomic E-state index is 0. The van der Waals surface area contributed by atoms with Crippen LogP contribution in [0, 0.1) is 0 Å². The fraction of sp³-hybridized carbons (Fsp3) is 0.143. The second-order valence-corrected chi connectivity index (χ2v) is 7.72. The predicted molar refractivity (Wildman–Crippen MR) is 86.4 cm³/mol. The molecule has 0 saturated heterocycles. The Balaban J connectivity index is 0.00000242. The first kappa shape index (κ1) is 20.1. The Kier molecular flexibility index (Phi) is 7.97. The quantitative estimate of drug-likeness (QED) is 0.458. The van der Waals surface area contributed by atoms with Gasteiger partial charge in [-0.25, -0.2) is 0 Å². The molecule has 0 fully saturated rings. The van der Waals surface area contributed by atoms with E-state index in [1.807, 2.05) is 24.5 Å². The molecule has 8 heteroatoms. The summed E-state index contributed by atoms with van der Waals surface area (Å²) < 4.78 is 30.6. The van der Waals surface area contributed by atoms with Gasteiger partial charge in [0.1, 0.15) is 0 Å². The van der Waals surface area contributed by atoms with Crippen LogP contribution in [-0.4, -0.2) is 24.3 Å². The van der Waals surface area contributed by atoms with Crippen LogP contribution < -0.4 is 29.6 Å². The molecule has 0 radical (unpaired) electrons. The monoisotopic (exact) mass is 366 g/mol. The van der Waals surface area contributed by atoms with Gasteiger partial charge in [-0.15, -0.1) is 11.8 Å². The van der Waals surface area contributed by atoms with Crippen LogP contribution in [0.2, 0.25) is 0 Å². The van der Waals surface area contributed by atoms with Gasteiger partial charge in [-0.2, -0.15) is 8.42 Å². The fourth-order valence-corrected chi connectivity index (χ4v) is 3.59. The first-order valence-corrected chi connectivity index (χ1v) is 9.51. The molecule has 4 nitrogen and oxygen atoms in total. The van der Waals surface area contributed by atoms with E-state index in [0.29, 0.717) is 0 Å². The van der Waals surface area contributed by atoms with Crippen molar-refractivity contribution in [3.8, 4) is 0 Å². The van der Waals surface area contributed by atoms with Gasteiger partial charge in [0.25, 0.3) is 10.1 Å². The van der Waals surface area contributed by atoms with Crippen LogP contribution in [0.5, 0.6) is 0 Å². The molecule has 0 bridgehead atoms. The van der Waals surface area contributed by atoms with Crippen molar-refractivity contribution in [3.05, 3.63) is 54.1 Å². The molecule has 2 aromatic rings. The maximum absolute atomic E-state index is 10.9. The molecule has 1 unspecified atom stereocenters. The Morgan fingerprint density at radius 1 is 1.05 bits per heavy atom. The summed E-state index contributed by atoms with van der Waals surface area (Å²) in [5, 5.41) is 9.46. The van der Waals surface area contributed by atoms with E-state index >= 15 is 0 Å². The molecule has 1 atom stereocenters. The van der Waals surface area contributed by atoms with E-state index < -0.39 is 15.6 Å². The molecule has 0 aliphatic heterocycles. The molecule has 22 heavy (non-hydrogen) atoms. The molecule has 0 aromatic heterocycles. The van der Waals surface area contributed by atoms with Crippen LogP contribution in [-0.2, 0) is 10.1 Å². The third-order valence-corrected chi connectivity index (χ3v) is 5.28. The Morgan fingerprint density at radius 2 is 1.64 bits per heavy atom. The van der Waals surface area contributed by atoms with Gasteiger partial charge in [0.15, 0.2) is 0 Å². The molecule has 2 N–H and O–H groups in total. The minimum atomic E-state index is -4.49. The van der Waals surface area contributed by atoms with E-state index in [0.717, 1.165) is 9.79 Å². The van der Waals surface area contributed by atoms with Gasteiger partial charge < -0.3 is 6.53 Å². The topological polar surface area (TPSA) is 74.6 Å². The number of thioether (sulfide) groups is 1. The number of benzene rings is 2. The van der Waals surface area contributed by atoms with Crippen molar-refractivity contribution >= 4 is 33.6 Å². The van der Waals surface area contributed by atoms with Crippen molar-refractivity contribution < 1.29 is 49.1 Å². The molecule has 114 valence electrons. The molecular weight excluding hydrogens is 351 g/mol. The zero-order valence-electron chi connectivity index (χ0n) is 13.1. The first-order chi connectivity index (χ1) is 9.90. The number of aliphatic hydroxyl groups excluding tert-OH is 1. The summed E-state index contributed by atoms with van der Waals surface area (Å²) in [7, 11) is -4.49.